The quantitative estimate of drug-likeness (QED) is 0.846. The molecule has 2 aromatic rings. The number of fused-ring (bicyclic) bond motifs is 1. The summed E-state index contributed by atoms with van der Waals surface area (Å²) in [5.74, 6) is 0.0537. The summed E-state index contributed by atoms with van der Waals surface area (Å²) in [4.78, 5) is 27.7. The maximum Gasteiger partial charge on any atom is 0.329 e. The fourth-order valence-electron chi connectivity index (χ4n) is 4.04. The van der Waals surface area contributed by atoms with Crippen LogP contribution in [0.25, 0.3) is 11.0 Å². The van der Waals surface area contributed by atoms with E-state index in [2.05, 4.69) is 13.8 Å². The Bertz CT molecular complexity index is 781. The number of benzene rings is 1. The minimum atomic E-state index is -0.0952. The number of carbonyl (C=O) groups is 1. The highest BCUT2D eigenvalue weighted by Gasteiger charge is 2.29. The van der Waals surface area contributed by atoms with Crippen molar-refractivity contribution in [1.82, 2.24) is 14.0 Å². The third-order valence-corrected chi connectivity index (χ3v) is 5.10. The third kappa shape index (κ3) is 2.87. The summed E-state index contributed by atoms with van der Waals surface area (Å²) in [5.41, 5.74) is 1.64. The summed E-state index contributed by atoms with van der Waals surface area (Å²) in [6.45, 7) is 6.82. The molecule has 0 unspecified atom stereocenters. The van der Waals surface area contributed by atoms with Crippen LogP contribution in [0, 0.1) is 0 Å². The average Bonchev–Trinajstić information content (AvgIpc) is 3.15. The summed E-state index contributed by atoms with van der Waals surface area (Å²) in [7, 11) is 0. The lowest BCUT2D eigenvalue weighted by Gasteiger charge is -2.33. The number of nitrogens with zero attached hydrogens (tertiary/aromatic N) is 3. The highest BCUT2D eigenvalue weighted by molar-refractivity contribution is 5.81. The molecule has 0 atom stereocenters. The molecular weight excluding hydrogens is 302 g/mol. The Morgan fingerprint density at radius 3 is 2.29 bits per heavy atom. The number of hydrogen-bond acceptors (Lipinski definition) is 2. The summed E-state index contributed by atoms with van der Waals surface area (Å²) < 4.78 is 3.36. The van der Waals surface area contributed by atoms with Crippen LogP contribution < -0.4 is 5.69 Å². The number of rotatable bonds is 5. The van der Waals surface area contributed by atoms with Gasteiger partial charge in [0.15, 0.2) is 0 Å². The molecule has 0 N–H and O–H groups in total. The van der Waals surface area contributed by atoms with Gasteiger partial charge in [-0.2, -0.15) is 0 Å². The fourth-order valence-corrected chi connectivity index (χ4v) is 4.04. The predicted molar refractivity (Wildman–Crippen MR) is 96.1 cm³/mol. The summed E-state index contributed by atoms with van der Waals surface area (Å²) in [6.07, 6.45) is 4.54. The van der Waals surface area contributed by atoms with Crippen LogP contribution >= 0.6 is 0 Å². The molecule has 0 radical (unpaired) electrons. The van der Waals surface area contributed by atoms with Gasteiger partial charge < -0.3 is 4.90 Å². The molecule has 1 aliphatic rings. The van der Waals surface area contributed by atoms with Gasteiger partial charge in [0.25, 0.3) is 0 Å². The molecule has 3 rings (SSSR count). The molecule has 1 fully saturated rings. The number of carbonyl (C=O) groups excluding carboxylic acids is 1. The van der Waals surface area contributed by atoms with Gasteiger partial charge in [0.2, 0.25) is 5.91 Å². The molecule has 130 valence electrons. The van der Waals surface area contributed by atoms with Gasteiger partial charge in [-0.25, -0.2) is 4.79 Å². The van der Waals surface area contributed by atoms with Crippen molar-refractivity contribution in [2.24, 2.45) is 0 Å². The van der Waals surface area contributed by atoms with E-state index in [1.165, 1.54) is 12.8 Å². The normalized spacial score (nSPS) is 15.5. The highest BCUT2D eigenvalue weighted by Crippen LogP contribution is 2.25. The first-order valence-electron chi connectivity index (χ1n) is 9.03. The number of aromatic nitrogens is 2. The van der Waals surface area contributed by atoms with E-state index in [1.807, 2.05) is 36.1 Å². The van der Waals surface area contributed by atoms with Crippen LogP contribution in [0.4, 0.5) is 0 Å². The van der Waals surface area contributed by atoms with Crippen molar-refractivity contribution in [3.8, 4) is 0 Å². The largest absolute Gasteiger partial charge is 0.336 e. The van der Waals surface area contributed by atoms with Crippen LogP contribution in [0.5, 0.6) is 0 Å². The van der Waals surface area contributed by atoms with Gasteiger partial charge in [0.05, 0.1) is 11.0 Å². The predicted octanol–water partition coefficient (Wildman–Crippen LogP) is 3.00. The zero-order valence-electron chi connectivity index (χ0n) is 14.9. The first kappa shape index (κ1) is 16.8. The summed E-state index contributed by atoms with van der Waals surface area (Å²) >= 11 is 0. The zero-order chi connectivity index (χ0) is 17.3. The van der Waals surface area contributed by atoms with Gasteiger partial charge in [-0.3, -0.25) is 13.9 Å². The molecule has 24 heavy (non-hydrogen) atoms. The van der Waals surface area contributed by atoms with Gasteiger partial charge in [0, 0.05) is 18.6 Å². The topological polar surface area (TPSA) is 47.2 Å². The lowest BCUT2D eigenvalue weighted by atomic mass is 10.1. The average molecular weight is 329 g/mol. The second kappa shape index (κ2) is 6.83. The SMILES string of the molecule is CCn1c(=O)n(CC(=O)N(C(C)C)C2CCCC2)c2ccccc21. The molecule has 5 heteroatoms. The van der Waals surface area contributed by atoms with Crippen LogP contribution in [-0.2, 0) is 17.9 Å². The molecular formula is C19H27N3O2. The molecule has 1 saturated carbocycles. The Hall–Kier alpha value is -2.04. The molecule has 1 aliphatic carbocycles. The Kier molecular flexibility index (Phi) is 4.78. The Labute approximate surface area is 142 Å². The first-order chi connectivity index (χ1) is 11.5. The Balaban J connectivity index is 1.95. The maximum atomic E-state index is 13.0. The number of amides is 1. The van der Waals surface area contributed by atoms with Gasteiger partial charge in [-0.15, -0.1) is 0 Å². The molecule has 0 bridgehead atoms. The van der Waals surface area contributed by atoms with Gasteiger partial charge in [-0.05, 0) is 45.7 Å². The zero-order valence-corrected chi connectivity index (χ0v) is 14.9. The van der Waals surface area contributed by atoms with E-state index in [9.17, 15) is 9.59 Å². The smallest absolute Gasteiger partial charge is 0.329 e. The van der Waals surface area contributed by atoms with Crippen molar-refractivity contribution < 1.29 is 4.79 Å². The minimum absolute atomic E-state index is 0.0537. The minimum Gasteiger partial charge on any atom is -0.336 e. The van der Waals surface area contributed by atoms with E-state index in [0.29, 0.717) is 12.6 Å². The molecule has 0 spiro atoms. The van der Waals surface area contributed by atoms with Gasteiger partial charge in [0.1, 0.15) is 6.54 Å². The van der Waals surface area contributed by atoms with E-state index in [1.54, 1.807) is 9.13 Å². The number of aryl methyl sites for hydroxylation is 1. The molecule has 0 aliphatic heterocycles. The van der Waals surface area contributed by atoms with E-state index >= 15 is 0 Å². The molecule has 1 aromatic carbocycles. The molecule has 5 nitrogen and oxygen atoms in total. The lowest BCUT2D eigenvalue weighted by molar-refractivity contribution is -0.136. The van der Waals surface area contributed by atoms with E-state index in [-0.39, 0.29) is 24.2 Å². The number of para-hydroxylation sites is 2. The van der Waals surface area contributed by atoms with Crippen LogP contribution in [0.2, 0.25) is 0 Å². The molecule has 0 saturated heterocycles. The summed E-state index contributed by atoms with van der Waals surface area (Å²) in [5, 5.41) is 0. The van der Waals surface area contributed by atoms with Crippen molar-refractivity contribution in [3.63, 3.8) is 0 Å². The van der Waals surface area contributed by atoms with E-state index < -0.39 is 0 Å². The Morgan fingerprint density at radius 2 is 1.75 bits per heavy atom. The van der Waals surface area contributed by atoms with Gasteiger partial charge >= 0.3 is 5.69 Å². The van der Waals surface area contributed by atoms with Crippen molar-refractivity contribution in [3.05, 3.63) is 34.7 Å². The van der Waals surface area contributed by atoms with Crippen molar-refractivity contribution in [2.45, 2.75) is 71.6 Å². The maximum absolute atomic E-state index is 13.0. The van der Waals surface area contributed by atoms with Crippen molar-refractivity contribution in [1.29, 1.82) is 0 Å². The second-order valence-electron chi connectivity index (χ2n) is 6.93. The first-order valence-corrected chi connectivity index (χ1v) is 9.03. The second-order valence-corrected chi connectivity index (χ2v) is 6.93. The van der Waals surface area contributed by atoms with Crippen LogP contribution in [0.1, 0.15) is 46.5 Å². The molecule has 1 aromatic heterocycles. The fraction of sp³-hybridized carbons (Fsp3) is 0.579. The highest BCUT2D eigenvalue weighted by atomic mass is 16.2. The number of imidazole rings is 1. The standard InChI is InChI=1S/C19H27N3O2/c1-4-20-16-11-7-8-12-17(16)21(19(20)24)13-18(23)22(14(2)3)15-9-5-6-10-15/h7-8,11-12,14-15H,4-6,9-10,13H2,1-3H3. The number of hydrogen-bond donors (Lipinski definition) is 0. The van der Waals surface area contributed by atoms with Crippen LogP contribution in [0.3, 0.4) is 0 Å². The molecule has 1 amide bonds. The van der Waals surface area contributed by atoms with Crippen molar-refractivity contribution in [2.75, 3.05) is 0 Å². The van der Waals surface area contributed by atoms with Crippen LogP contribution in [-0.4, -0.2) is 32.0 Å². The lowest BCUT2D eigenvalue weighted by Crippen LogP contribution is -2.46. The van der Waals surface area contributed by atoms with Gasteiger partial charge in [-0.1, -0.05) is 25.0 Å². The molecule has 1 heterocycles. The third-order valence-electron chi connectivity index (χ3n) is 5.10. The summed E-state index contributed by atoms with van der Waals surface area (Å²) in [6, 6.07) is 8.20. The van der Waals surface area contributed by atoms with E-state index in [4.69, 9.17) is 0 Å². The van der Waals surface area contributed by atoms with Crippen molar-refractivity contribution >= 4 is 16.9 Å². The van der Waals surface area contributed by atoms with E-state index in [0.717, 1.165) is 23.9 Å². The monoisotopic (exact) mass is 329 g/mol. The Morgan fingerprint density at radius 1 is 1.17 bits per heavy atom. The van der Waals surface area contributed by atoms with Crippen LogP contribution in [0.15, 0.2) is 29.1 Å².